The van der Waals surface area contributed by atoms with Crippen LogP contribution in [0.2, 0.25) is 0 Å². The number of thioether (sulfide) groups is 1. The summed E-state index contributed by atoms with van der Waals surface area (Å²) in [6, 6.07) is 5.40. The number of carbonyl (C=O) groups is 1. The van der Waals surface area contributed by atoms with Crippen molar-refractivity contribution in [2.24, 2.45) is 11.8 Å². The van der Waals surface area contributed by atoms with E-state index < -0.39 is 16.5 Å². The van der Waals surface area contributed by atoms with Crippen LogP contribution in [0.1, 0.15) is 64.5 Å². The van der Waals surface area contributed by atoms with Crippen molar-refractivity contribution in [2.75, 3.05) is 12.4 Å². The molecular weight excluding hydrogens is 457 g/mol. The fraction of sp³-hybridized carbons (Fsp3) is 0.583. The molecule has 0 unspecified atom stereocenters. The first-order valence-electron chi connectivity index (χ1n) is 11.0. The zero-order chi connectivity index (χ0) is 23.9. The summed E-state index contributed by atoms with van der Waals surface area (Å²) in [6.45, 7) is 7.95. The topological polar surface area (TPSA) is 43.4 Å². The van der Waals surface area contributed by atoms with Gasteiger partial charge in [0.15, 0.2) is 0 Å². The Kier molecular flexibility index (Phi) is 10.1. The summed E-state index contributed by atoms with van der Waals surface area (Å²) in [7, 11) is 0. The number of halogens is 3. The van der Waals surface area contributed by atoms with Crippen molar-refractivity contribution in [3.63, 3.8) is 0 Å². The fourth-order valence-electron chi connectivity index (χ4n) is 3.22. The molecule has 0 spiro atoms. The van der Waals surface area contributed by atoms with Gasteiger partial charge in [-0.25, -0.2) is 0 Å². The number of esters is 1. The predicted octanol–water partition coefficient (Wildman–Crippen LogP) is 7.33. The quantitative estimate of drug-likeness (QED) is 0.189. The Hall–Kier alpha value is -1.54. The minimum absolute atomic E-state index is 0.118. The van der Waals surface area contributed by atoms with Crippen molar-refractivity contribution in [3.05, 3.63) is 38.9 Å². The highest BCUT2D eigenvalue weighted by molar-refractivity contribution is 7.99. The molecule has 0 aliphatic rings. The Bertz CT molecular complexity index is 965. The summed E-state index contributed by atoms with van der Waals surface area (Å²) in [6.07, 6.45) is -1.16. The molecule has 0 fully saturated rings. The number of rotatable bonds is 11. The van der Waals surface area contributed by atoms with Gasteiger partial charge in [-0.15, -0.1) is 11.8 Å². The molecule has 0 aliphatic carbocycles. The molecule has 178 valence electrons. The highest BCUT2D eigenvalue weighted by atomic mass is 32.2. The zero-order valence-electron chi connectivity index (χ0n) is 19.0. The van der Waals surface area contributed by atoms with E-state index in [4.69, 9.17) is 4.74 Å². The second-order valence-electron chi connectivity index (χ2n) is 8.56. The van der Waals surface area contributed by atoms with E-state index in [0.29, 0.717) is 34.5 Å². The van der Waals surface area contributed by atoms with Gasteiger partial charge in [-0.1, -0.05) is 45.1 Å². The Morgan fingerprint density at radius 3 is 2.47 bits per heavy atom. The lowest BCUT2D eigenvalue weighted by molar-refractivity contribution is -0.147. The maximum absolute atomic E-state index is 13.6. The molecule has 1 aromatic carbocycles. The van der Waals surface area contributed by atoms with Crippen LogP contribution < -0.4 is 4.74 Å². The average Bonchev–Trinajstić information content (AvgIpc) is 2.69. The second kappa shape index (κ2) is 12.1. The molecule has 0 bridgehead atoms. The van der Waals surface area contributed by atoms with Gasteiger partial charge in [0.2, 0.25) is 4.74 Å². The average molecular weight is 489 g/mol. The minimum Gasteiger partial charge on any atom is -0.465 e. The first kappa shape index (κ1) is 26.7. The molecule has 0 amide bonds. The highest BCUT2D eigenvalue weighted by Gasteiger charge is 2.37. The Labute approximate surface area is 195 Å². The van der Waals surface area contributed by atoms with Crippen LogP contribution >= 0.6 is 23.1 Å². The first-order valence-corrected chi connectivity index (χ1v) is 12.8. The number of fused-ring (bicyclic) bond motifs is 1. The summed E-state index contributed by atoms with van der Waals surface area (Å²) in [5.41, 5.74) is -0.883. The summed E-state index contributed by atoms with van der Waals surface area (Å²) < 4.78 is 45.6. The molecule has 1 aromatic heterocycles. The summed E-state index contributed by atoms with van der Waals surface area (Å²) in [5.74, 6) is 0.788. The van der Waals surface area contributed by atoms with Gasteiger partial charge in [-0.3, -0.25) is 9.59 Å². The van der Waals surface area contributed by atoms with Gasteiger partial charge in [0.25, 0.3) is 0 Å². The Morgan fingerprint density at radius 2 is 1.84 bits per heavy atom. The van der Waals surface area contributed by atoms with Crippen molar-refractivity contribution in [1.29, 1.82) is 0 Å². The van der Waals surface area contributed by atoms with E-state index in [2.05, 4.69) is 0 Å². The van der Waals surface area contributed by atoms with Crippen LogP contribution in [-0.4, -0.2) is 18.3 Å². The van der Waals surface area contributed by atoms with Crippen LogP contribution in [0.4, 0.5) is 13.2 Å². The molecule has 2 rings (SSSR count). The molecule has 2 aromatic rings. The maximum Gasteiger partial charge on any atom is 0.421 e. The van der Waals surface area contributed by atoms with Gasteiger partial charge < -0.3 is 4.74 Å². The number of benzene rings is 1. The molecule has 32 heavy (non-hydrogen) atoms. The monoisotopic (exact) mass is 488 g/mol. The van der Waals surface area contributed by atoms with E-state index in [-0.39, 0.29) is 29.8 Å². The van der Waals surface area contributed by atoms with Crippen molar-refractivity contribution in [3.8, 4) is 0 Å². The van der Waals surface area contributed by atoms with Crippen LogP contribution in [0.5, 0.6) is 0 Å². The molecule has 0 saturated heterocycles. The van der Waals surface area contributed by atoms with E-state index in [9.17, 15) is 22.8 Å². The number of ether oxygens (including phenoxy) is 1. The lowest BCUT2D eigenvalue weighted by Crippen LogP contribution is -2.20. The van der Waals surface area contributed by atoms with E-state index >= 15 is 0 Å². The largest absolute Gasteiger partial charge is 0.465 e. The van der Waals surface area contributed by atoms with E-state index in [1.54, 1.807) is 31.7 Å². The zero-order valence-corrected chi connectivity index (χ0v) is 20.6. The molecule has 0 atom stereocenters. The van der Waals surface area contributed by atoms with Gasteiger partial charge in [-0.2, -0.15) is 13.2 Å². The summed E-state index contributed by atoms with van der Waals surface area (Å²) in [4.78, 5) is 24.7. The Morgan fingerprint density at radius 1 is 1.12 bits per heavy atom. The summed E-state index contributed by atoms with van der Waals surface area (Å²) >= 11 is 2.29. The summed E-state index contributed by atoms with van der Waals surface area (Å²) in [5, 5.41) is 0.527. The standard InChI is InChI=1S/C24H31F3O3S2/c1-15(2)8-10-19-18-11-9-17(14-20(18)32-23(29)21(19)24(25,26)27)31-13-7-5-6-12-30-22(28)16(3)4/h9,11,14-16H,5-8,10,12-13H2,1-4H3. The molecule has 0 saturated carbocycles. The lowest BCUT2D eigenvalue weighted by atomic mass is 9.97. The van der Waals surface area contributed by atoms with Gasteiger partial charge in [0.05, 0.1) is 12.5 Å². The molecule has 0 N–H and O–H groups in total. The third-order valence-corrected chi connectivity index (χ3v) is 7.04. The maximum atomic E-state index is 13.6. The minimum atomic E-state index is -4.65. The van der Waals surface area contributed by atoms with Crippen LogP contribution in [0.15, 0.2) is 27.9 Å². The third kappa shape index (κ3) is 7.80. The van der Waals surface area contributed by atoms with Gasteiger partial charge >= 0.3 is 12.1 Å². The number of alkyl halides is 3. The van der Waals surface area contributed by atoms with Crippen molar-refractivity contribution in [2.45, 2.75) is 70.9 Å². The fourth-order valence-corrected chi connectivity index (χ4v) is 5.28. The number of aryl methyl sites for hydroxylation is 1. The van der Waals surface area contributed by atoms with Crippen LogP contribution in [0.3, 0.4) is 0 Å². The van der Waals surface area contributed by atoms with Gasteiger partial charge in [-0.05, 0) is 66.9 Å². The van der Waals surface area contributed by atoms with Crippen LogP contribution in [0.25, 0.3) is 10.1 Å². The number of hydrogen-bond donors (Lipinski definition) is 0. The van der Waals surface area contributed by atoms with Crippen molar-refractivity contribution >= 4 is 39.2 Å². The number of unbranched alkanes of at least 4 members (excludes halogenated alkanes) is 2. The van der Waals surface area contributed by atoms with Crippen molar-refractivity contribution in [1.82, 2.24) is 0 Å². The highest BCUT2D eigenvalue weighted by Crippen LogP contribution is 2.37. The van der Waals surface area contributed by atoms with E-state index in [1.165, 1.54) is 0 Å². The smallest absolute Gasteiger partial charge is 0.421 e. The molecule has 0 aliphatic heterocycles. The Balaban J connectivity index is 2.06. The normalized spacial score (nSPS) is 12.2. The molecular formula is C24H31F3O3S2. The van der Waals surface area contributed by atoms with Gasteiger partial charge in [0.1, 0.15) is 5.56 Å². The first-order chi connectivity index (χ1) is 15.0. The van der Waals surface area contributed by atoms with Crippen molar-refractivity contribution < 1.29 is 22.7 Å². The van der Waals surface area contributed by atoms with E-state index in [1.807, 2.05) is 26.0 Å². The van der Waals surface area contributed by atoms with Gasteiger partial charge in [0, 0.05) is 9.60 Å². The third-order valence-electron chi connectivity index (χ3n) is 5.02. The SMILES string of the molecule is CC(C)CCc1c(C(F)(F)F)c(=O)sc2cc(SCCCCCOC(=O)C(C)C)ccc12. The molecule has 1 heterocycles. The van der Waals surface area contributed by atoms with Crippen LogP contribution in [-0.2, 0) is 22.1 Å². The molecule has 8 heteroatoms. The molecule has 3 nitrogen and oxygen atoms in total. The second-order valence-corrected chi connectivity index (χ2v) is 10.7. The van der Waals surface area contributed by atoms with E-state index in [0.717, 1.165) is 29.9 Å². The van der Waals surface area contributed by atoms with Crippen LogP contribution in [0, 0.1) is 11.8 Å². The lowest BCUT2D eigenvalue weighted by Gasteiger charge is -2.15. The molecule has 0 radical (unpaired) electrons. The number of hydrogen-bond acceptors (Lipinski definition) is 5. The number of carbonyl (C=O) groups excluding carboxylic acids is 1. The predicted molar refractivity (Wildman–Crippen MR) is 127 cm³/mol.